The average Bonchev–Trinajstić information content (AvgIpc) is 2.36. The van der Waals surface area contributed by atoms with E-state index in [2.05, 4.69) is 0 Å². The van der Waals surface area contributed by atoms with Crippen LogP contribution in [0.1, 0.15) is 49.1 Å². The molecule has 0 aromatic heterocycles. The maximum atomic E-state index is 10.6. The van der Waals surface area contributed by atoms with E-state index in [1.165, 1.54) is 11.1 Å². The third-order valence-corrected chi connectivity index (χ3v) is 4.62. The molecule has 1 aromatic carbocycles. The standard InChI is InChI=1S/C15H20O3/c1-15(16)8-9-4-5-10(15)14-12(18-3)7-6-11(17-2)13(9)14/h6-7,9-10,16H,4-5,8H2,1-3H3/t9-,10-,15-/m0/s1. The van der Waals surface area contributed by atoms with Crippen molar-refractivity contribution in [2.75, 3.05) is 14.2 Å². The largest absolute Gasteiger partial charge is 0.496 e. The normalized spacial score (nSPS) is 33.1. The lowest BCUT2D eigenvalue weighted by atomic mass is 9.59. The van der Waals surface area contributed by atoms with Crippen molar-refractivity contribution in [3.63, 3.8) is 0 Å². The molecular weight excluding hydrogens is 228 g/mol. The van der Waals surface area contributed by atoms with Crippen LogP contribution in [-0.4, -0.2) is 24.9 Å². The molecule has 0 unspecified atom stereocenters. The second kappa shape index (κ2) is 3.89. The third-order valence-electron chi connectivity index (χ3n) is 4.62. The van der Waals surface area contributed by atoms with Gasteiger partial charge in [-0.15, -0.1) is 0 Å². The number of hydrogen-bond acceptors (Lipinski definition) is 3. The van der Waals surface area contributed by atoms with Gasteiger partial charge in [0.05, 0.1) is 19.8 Å². The summed E-state index contributed by atoms with van der Waals surface area (Å²) < 4.78 is 11.0. The highest BCUT2D eigenvalue weighted by atomic mass is 16.5. The Balaban J connectivity index is 2.24. The molecule has 18 heavy (non-hydrogen) atoms. The highest BCUT2D eigenvalue weighted by molar-refractivity contribution is 5.56. The van der Waals surface area contributed by atoms with E-state index in [4.69, 9.17) is 9.47 Å². The van der Waals surface area contributed by atoms with Gasteiger partial charge in [-0.1, -0.05) is 0 Å². The molecule has 1 N–H and O–H groups in total. The first-order valence-electron chi connectivity index (χ1n) is 6.55. The van der Waals surface area contributed by atoms with Crippen LogP contribution in [0.5, 0.6) is 11.5 Å². The lowest BCUT2D eigenvalue weighted by molar-refractivity contribution is -0.0182. The molecule has 2 bridgehead atoms. The number of fused-ring (bicyclic) bond motifs is 2. The van der Waals surface area contributed by atoms with Crippen molar-refractivity contribution in [2.45, 2.75) is 43.6 Å². The van der Waals surface area contributed by atoms with Gasteiger partial charge in [-0.05, 0) is 44.2 Å². The Hall–Kier alpha value is -1.22. The Morgan fingerprint density at radius 1 is 1.11 bits per heavy atom. The molecule has 3 aliphatic carbocycles. The lowest BCUT2D eigenvalue weighted by Crippen LogP contribution is -2.43. The van der Waals surface area contributed by atoms with Crippen molar-refractivity contribution in [1.29, 1.82) is 0 Å². The summed E-state index contributed by atoms with van der Waals surface area (Å²) in [5.74, 6) is 2.39. The fraction of sp³-hybridized carbons (Fsp3) is 0.600. The smallest absolute Gasteiger partial charge is 0.122 e. The molecular formula is C15H20O3. The van der Waals surface area contributed by atoms with Crippen LogP contribution in [-0.2, 0) is 0 Å². The average molecular weight is 248 g/mol. The molecule has 3 heteroatoms. The molecule has 3 atom stereocenters. The van der Waals surface area contributed by atoms with Crippen LogP contribution in [0.4, 0.5) is 0 Å². The molecule has 3 nitrogen and oxygen atoms in total. The Kier molecular flexibility index (Phi) is 2.56. The zero-order valence-electron chi connectivity index (χ0n) is 11.2. The Morgan fingerprint density at radius 2 is 1.72 bits per heavy atom. The van der Waals surface area contributed by atoms with Crippen LogP contribution in [0.3, 0.4) is 0 Å². The molecule has 0 heterocycles. The topological polar surface area (TPSA) is 38.7 Å². The summed E-state index contributed by atoms with van der Waals surface area (Å²) in [6.45, 7) is 1.95. The highest BCUT2D eigenvalue weighted by Gasteiger charge is 2.48. The van der Waals surface area contributed by atoms with Gasteiger partial charge in [-0.2, -0.15) is 0 Å². The van der Waals surface area contributed by atoms with Crippen molar-refractivity contribution < 1.29 is 14.6 Å². The summed E-state index contributed by atoms with van der Waals surface area (Å²) in [5, 5.41) is 10.6. The van der Waals surface area contributed by atoms with Gasteiger partial charge in [-0.3, -0.25) is 0 Å². The first kappa shape index (κ1) is 11.8. The number of hydrogen-bond donors (Lipinski definition) is 1. The van der Waals surface area contributed by atoms with Crippen molar-refractivity contribution in [3.05, 3.63) is 23.3 Å². The van der Waals surface area contributed by atoms with E-state index in [1.807, 2.05) is 19.1 Å². The first-order valence-corrected chi connectivity index (χ1v) is 6.55. The second-order valence-corrected chi connectivity index (χ2v) is 5.69. The molecule has 98 valence electrons. The highest BCUT2D eigenvalue weighted by Crippen LogP contribution is 2.58. The van der Waals surface area contributed by atoms with Crippen LogP contribution in [0, 0.1) is 0 Å². The summed E-state index contributed by atoms with van der Waals surface area (Å²) in [5.41, 5.74) is 1.82. The molecule has 0 saturated heterocycles. The number of rotatable bonds is 2. The number of ether oxygens (including phenoxy) is 2. The van der Waals surface area contributed by atoms with Crippen molar-refractivity contribution >= 4 is 0 Å². The fourth-order valence-corrected chi connectivity index (χ4v) is 3.86. The van der Waals surface area contributed by atoms with Crippen LogP contribution < -0.4 is 9.47 Å². The van der Waals surface area contributed by atoms with E-state index in [-0.39, 0.29) is 5.92 Å². The van der Waals surface area contributed by atoms with Crippen LogP contribution in [0.25, 0.3) is 0 Å². The van der Waals surface area contributed by atoms with E-state index in [1.54, 1.807) is 14.2 Å². The Labute approximate surface area is 108 Å². The van der Waals surface area contributed by atoms with Crippen LogP contribution >= 0.6 is 0 Å². The summed E-state index contributed by atoms with van der Waals surface area (Å²) in [7, 11) is 3.40. The second-order valence-electron chi connectivity index (χ2n) is 5.69. The monoisotopic (exact) mass is 248 g/mol. The summed E-state index contributed by atoms with van der Waals surface area (Å²) in [4.78, 5) is 0. The van der Waals surface area contributed by atoms with Gasteiger partial charge in [0.2, 0.25) is 0 Å². The van der Waals surface area contributed by atoms with E-state index in [0.29, 0.717) is 5.92 Å². The molecule has 4 rings (SSSR count). The predicted molar refractivity (Wildman–Crippen MR) is 69.5 cm³/mol. The molecule has 0 radical (unpaired) electrons. The minimum absolute atomic E-state index is 0.169. The van der Waals surface area contributed by atoms with Crippen molar-refractivity contribution in [2.24, 2.45) is 0 Å². The van der Waals surface area contributed by atoms with Gasteiger partial charge in [-0.25, -0.2) is 0 Å². The Morgan fingerprint density at radius 3 is 2.28 bits per heavy atom. The molecule has 1 saturated carbocycles. The maximum Gasteiger partial charge on any atom is 0.122 e. The van der Waals surface area contributed by atoms with Gasteiger partial charge < -0.3 is 14.6 Å². The third kappa shape index (κ3) is 1.46. The van der Waals surface area contributed by atoms with Crippen LogP contribution in [0.2, 0.25) is 0 Å². The first-order chi connectivity index (χ1) is 8.58. The van der Waals surface area contributed by atoms with Crippen molar-refractivity contribution in [1.82, 2.24) is 0 Å². The van der Waals surface area contributed by atoms with Crippen LogP contribution in [0.15, 0.2) is 12.1 Å². The molecule has 0 aliphatic heterocycles. The minimum Gasteiger partial charge on any atom is -0.496 e. The number of methoxy groups -OCH3 is 2. The molecule has 1 aromatic rings. The number of aliphatic hydroxyl groups is 1. The summed E-state index contributed by atoms with van der Waals surface area (Å²) in [6.07, 6.45) is 3.00. The van der Waals surface area contributed by atoms with E-state index >= 15 is 0 Å². The quantitative estimate of drug-likeness (QED) is 0.874. The van der Waals surface area contributed by atoms with Crippen molar-refractivity contribution in [3.8, 4) is 11.5 Å². The van der Waals surface area contributed by atoms with Gasteiger partial charge in [0.15, 0.2) is 0 Å². The summed E-state index contributed by atoms with van der Waals surface area (Å²) >= 11 is 0. The van der Waals surface area contributed by atoms with E-state index in [0.717, 1.165) is 30.8 Å². The SMILES string of the molecule is COc1ccc(OC)c2c1[C@H]1CC[C@@H]2[C@@](C)(O)C1. The molecule has 0 amide bonds. The molecule has 1 fully saturated rings. The number of benzene rings is 1. The molecule has 3 aliphatic rings. The molecule has 0 spiro atoms. The predicted octanol–water partition coefficient (Wildman–Crippen LogP) is 2.82. The summed E-state index contributed by atoms with van der Waals surface area (Å²) in [6, 6.07) is 3.93. The van der Waals surface area contributed by atoms with E-state index in [9.17, 15) is 5.11 Å². The minimum atomic E-state index is -0.616. The van der Waals surface area contributed by atoms with Gasteiger partial charge >= 0.3 is 0 Å². The Bertz CT molecular complexity index is 479. The van der Waals surface area contributed by atoms with Gasteiger partial charge in [0, 0.05) is 17.0 Å². The maximum absolute atomic E-state index is 10.6. The van der Waals surface area contributed by atoms with Gasteiger partial charge in [0.1, 0.15) is 11.5 Å². The zero-order valence-corrected chi connectivity index (χ0v) is 11.2. The lowest BCUT2D eigenvalue weighted by Gasteiger charge is -2.48. The zero-order chi connectivity index (χ0) is 12.9. The fourth-order valence-electron chi connectivity index (χ4n) is 3.86. The van der Waals surface area contributed by atoms with E-state index < -0.39 is 5.60 Å². The van der Waals surface area contributed by atoms with Gasteiger partial charge in [0.25, 0.3) is 0 Å².